The lowest BCUT2D eigenvalue weighted by molar-refractivity contribution is -0.121. The molecule has 25 heavy (non-hydrogen) atoms. The monoisotopic (exact) mass is 337 g/mol. The number of hydrogen-bond donors (Lipinski definition) is 0. The van der Waals surface area contributed by atoms with Crippen LogP contribution in [0.3, 0.4) is 0 Å². The van der Waals surface area contributed by atoms with E-state index in [1.54, 1.807) is 38.3 Å². The molecule has 2 aromatic rings. The molecule has 0 spiro atoms. The van der Waals surface area contributed by atoms with Gasteiger partial charge in [0.2, 0.25) is 0 Å². The molecule has 4 nitrogen and oxygen atoms in total. The fourth-order valence-corrected chi connectivity index (χ4v) is 3.50. The number of ether oxygens (including phenoxy) is 1. The first kappa shape index (κ1) is 17.4. The lowest BCUT2D eigenvalue weighted by Crippen LogP contribution is -2.27. The Morgan fingerprint density at radius 2 is 1.64 bits per heavy atom. The maximum Gasteiger partial charge on any atom is 0.167 e. The molecular formula is C21H23NO3. The molecule has 0 saturated carbocycles. The van der Waals surface area contributed by atoms with E-state index in [0.29, 0.717) is 18.7 Å². The van der Waals surface area contributed by atoms with E-state index in [1.807, 2.05) is 18.2 Å². The molecule has 1 aliphatic heterocycles. The minimum atomic E-state index is -0.283. The number of benzene rings is 2. The molecule has 0 radical (unpaired) electrons. The van der Waals surface area contributed by atoms with Gasteiger partial charge in [0.25, 0.3) is 0 Å². The first-order valence-electron chi connectivity index (χ1n) is 8.53. The molecule has 2 aromatic carbocycles. The van der Waals surface area contributed by atoms with E-state index in [1.165, 1.54) is 5.56 Å². The average molecular weight is 337 g/mol. The predicted octanol–water partition coefficient (Wildman–Crippen LogP) is 3.22. The number of carbonyl (C=O) groups is 2. The van der Waals surface area contributed by atoms with Gasteiger partial charge in [-0.2, -0.15) is 0 Å². The molecular weight excluding hydrogens is 314 g/mol. The van der Waals surface area contributed by atoms with E-state index in [4.69, 9.17) is 4.74 Å². The van der Waals surface area contributed by atoms with E-state index in [-0.39, 0.29) is 23.4 Å². The van der Waals surface area contributed by atoms with Crippen LogP contribution < -0.4 is 4.74 Å². The fraction of sp³-hybridized carbons (Fsp3) is 0.333. The molecule has 1 saturated heterocycles. The van der Waals surface area contributed by atoms with E-state index in [9.17, 15) is 9.59 Å². The highest BCUT2D eigenvalue weighted by Crippen LogP contribution is 2.29. The number of nitrogens with zero attached hydrogens (tertiary/aromatic N) is 1. The Morgan fingerprint density at radius 3 is 2.24 bits per heavy atom. The van der Waals surface area contributed by atoms with Crippen molar-refractivity contribution in [2.75, 3.05) is 20.2 Å². The van der Waals surface area contributed by atoms with Crippen LogP contribution in [0.1, 0.15) is 22.8 Å². The highest BCUT2D eigenvalue weighted by atomic mass is 16.5. The zero-order valence-electron chi connectivity index (χ0n) is 14.6. The van der Waals surface area contributed by atoms with Crippen LogP contribution in [0.2, 0.25) is 0 Å². The van der Waals surface area contributed by atoms with Gasteiger partial charge in [-0.1, -0.05) is 30.3 Å². The zero-order chi connectivity index (χ0) is 17.8. The van der Waals surface area contributed by atoms with Crippen LogP contribution in [-0.2, 0) is 11.3 Å². The van der Waals surface area contributed by atoms with Crippen molar-refractivity contribution in [3.05, 3.63) is 65.7 Å². The molecule has 0 amide bonds. The number of Topliss-reactive ketones (excluding diaryl/α,β-unsaturated/α-hetero) is 2. The lowest BCUT2D eigenvalue weighted by atomic mass is 9.86. The van der Waals surface area contributed by atoms with Gasteiger partial charge in [0.1, 0.15) is 11.5 Å². The van der Waals surface area contributed by atoms with Crippen molar-refractivity contribution < 1.29 is 14.3 Å². The first-order valence-corrected chi connectivity index (χ1v) is 8.53. The SMILES string of the molecule is COc1ccc(C(=O)C2CN(Cc3ccccc3)CC2C(C)=O)cc1. The molecule has 0 bridgehead atoms. The maximum atomic E-state index is 12.9. The van der Waals surface area contributed by atoms with E-state index in [0.717, 1.165) is 12.3 Å². The molecule has 130 valence electrons. The maximum absolute atomic E-state index is 12.9. The van der Waals surface area contributed by atoms with Crippen LogP contribution in [0.5, 0.6) is 5.75 Å². The summed E-state index contributed by atoms with van der Waals surface area (Å²) in [7, 11) is 1.60. The molecule has 2 atom stereocenters. The van der Waals surface area contributed by atoms with Crippen LogP contribution >= 0.6 is 0 Å². The third-order valence-corrected chi connectivity index (χ3v) is 4.88. The topological polar surface area (TPSA) is 46.6 Å². The van der Waals surface area contributed by atoms with Crippen molar-refractivity contribution in [2.24, 2.45) is 11.8 Å². The van der Waals surface area contributed by atoms with E-state index in [2.05, 4.69) is 17.0 Å². The van der Waals surface area contributed by atoms with E-state index < -0.39 is 0 Å². The first-order chi connectivity index (χ1) is 12.1. The Bertz CT molecular complexity index is 739. The van der Waals surface area contributed by atoms with Gasteiger partial charge < -0.3 is 4.74 Å². The van der Waals surface area contributed by atoms with Crippen LogP contribution in [0.4, 0.5) is 0 Å². The Morgan fingerprint density at radius 1 is 1.00 bits per heavy atom. The van der Waals surface area contributed by atoms with Crippen molar-refractivity contribution >= 4 is 11.6 Å². The summed E-state index contributed by atoms with van der Waals surface area (Å²) in [4.78, 5) is 27.2. The van der Waals surface area contributed by atoms with Gasteiger partial charge in [0.05, 0.1) is 7.11 Å². The molecule has 2 unspecified atom stereocenters. The van der Waals surface area contributed by atoms with E-state index >= 15 is 0 Å². The van der Waals surface area contributed by atoms with Gasteiger partial charge in [0.15, 0.2) is 5.78 Å². The number of methoxy groups -OCH3 is 1. The van der Waals surface area contributed by atoms with Crippen molar-refractivity contribution in [1.29, 1.82) is 0 Å². The summed E-state index contributed by atoms with van der Waals surface area (Å²) in [6.07, 6.45) is 0. The Labute approximate surface area is 148 Å². The van der Waals surface area contributed by atoms with Crippen LogP contribution in [-0.4, -0.2) is 36.7 Å². The third kappa shape index (κ3) is 3.97. The summed E-state index contributed by atoms with van der Waals surface area (Å²) >= 11 is 0. The quantitative estimate of drug-likeness (QED) is 0.760. The fourth-order valence-electron chi connectivity index (χ4n) is 3.50. The highest BCUT2D eigenvalue weighted by Gasteiger charge is 2.40. The molecule has 0 aromatic heterocycles. The van der Waals surface area contributed by atoms with Crippen LogP contribution in [0.25, 0.3) is 0 Å². The second kappa shape index (κ2) is 7.62. The molecule has 0 N–H and O–H groups in total. The number of rotatable bonds is 6. The van der Waals surface area contributed by atoms with Gasteiger partial charge in [-0.05, 0) is 36.8 Å². The summed E-state index contributed by atoms with van der Waals surface area (Å²) in [5.41, 5.74) is 1.83. The van der Waals surface area contributed by atoms with Gasteiger partial charge in [-0.3, -0.25) is 14.5 Å². The number of ketones is 2. The summed E-state index contributed by atoms with van der Waals surface area (Å²) in [5, 5.41) is 0. The van der Waals surface area contributed by atoms with Gasteiger partial charge in [0, 0.05) is 37.0 Å². The minimum absolute atomic E-state index is 0.0402. The largest absolute Gasteiger partial charge is 0.497 e. The lowest BCUT2D eigenvalue weighted by Gasteiger charge is -2.15. The van der Waals surface area contributed by atoms with Crippen molar-refractivity contribution in [1.82, 2.24) is 4.90 Å². The minimum Gasteiger partial charge on any atom is -0.497 e. The van der Waals surface area contributed by atoms with Crippen molar-refractivity contribution in [3.63, 3.8) is 0 Å². The summed E-state index contributed by atoms with van der Waals surface area (Å²) in [6.45, 7) is 3.60. The summed E-state index contributed by atoms with van der Waals surface area (Å²) in [6, 6.07) is 17.3. The molecule has 4 heteroatoms. The predicted molar refractivity (Wildman–Crippen MR) is 96.7 cm³/mol. The number of likely N-dealkylation sites (tertiary alicyclic amines) is 1. The smallest absolute Gasteiger partial charge is 0.167 e. The molecule has 1 fully saturated rings. The van der Waals surface area contributed by atoms with Crippen LogP contribution in [0, 0.1) is 11.8 Å². The number of hydrogen-bond acceptors (Lipinski definition) is 4. The normalized spacial score (nSPS) is 20.4. The summed E-state index contributed by atoms with van der Waals surface area (Å²) < 4.78 is 5.14. The molecule has 0 aliphatic carbocycles. The van der Waals surface area contributed by atoms with Crippen LogP contribution in [0.15, 0.2) is 54.6 Å². The second-order valence-electron chi connectivity index (χ2n) is 6.60. The Hall–Kier alpha value is -2.46. The average Bonchev–Trinajstić information content (AvgIpc) is 3.06. The van der Waals surface area contributed by atoms with Crippen molar-refractivity contribution in [3.8, 4) is 5.75 Å². The highest BCUT2D eigenvalue weighted by molar-refractivity contribution is 6.01. The Balaban J connectivity index is 1.76. The van der Waals surface area contributed by atoms with Crippen molar-refractivity contribution in [2.45, 2.75) is 13.5 Å². The molecule has 1 heterocycles. The zero-order valence-corrected chi connectivity index (χ0v) is 14.6. The second-order valence-corrected chi connectivity index (χ2v) is 6.60. The molecule has 3 rings (SSSR count). The van der Waals surface area contributed by atoms with Gasteiger partial charge in [-0.15, -0.1) is 0 Å². The standard InChI is InChI=1S/C21H23NO3/c1-15(23)19-13-22(12-16-6-4-3-5-7-16)14-20(19)21(24)17-8-10-18(25-2)11-9-17/h3-11,19-20H,12-14H2,1-2H3. The summed E-state index contributed by atoms with van der Waals surface area (Å²) in [5.74, 6) is 0.325. The number of carbonyl (C=O) groups excluding carboxylic acids is 2. The van der Waals surface area contributed by atoms with Gasteiger partial charge in [-0.25, -0.2) is 0 Å². The Kier molecular flexibility index (Phi) is 5.29. The van der Waals surface area contributed by atoms with Gasteiger partial charge >= 0.3 is 0 Å². The third-order valence-electron chi connectivity index (χ3n) is 4.88. The molecule has 1 aliphatic rings.